The van der Waals surface area contributed by atoms with Crippen LogP contribution >= 0.6 is 11.8 Å². The average molecular weight is 497 g/mol. The molecule has 0 spiro atoms. The van der Waals surface area contributed by atoms with Crippen LogP contribution in [0.25, 0.3) is 6.08 Å². The lowest BCUT2D eigenvalue weighted by atomic mass is 9.87. The second-order valence-electron chi connectivity index (χ2n) is 9.59. The number of hydrogen-bond acceptors (Lipinski definition) is 7. The van der Waals surface area contributed by atoms with Gasteiger partial charge in [0.15, 0.2) is 0 Å². The first-order valence-corrected chi connectivity index (χ1v) is 12.5. The summed E-state index contributed by atoms with van der Waals surface area (Å²) in [5.41, 5.74) is 4.45. The number of amides is 2. The van der Waals surface area contributed by atoms with E-state index in [0.717, 1.165) is 77.0 Å². The lowest BCUT2D eigenvalue weighted by Gasteiger charge is -2.40. The van der Waals surface area contributed by atoms with Crippen LogP contribution in [0.2, 0.25) is 0 Å². The Kier molecular flexibility index (Phi) is 7.15. The Hall–Kier alpha value is -2.97. The molecule has 0 aromatic heterocycles. The Balaban J connectivity index is 1.30. The number of likely N-dealkylation sites (N-methyl/N-ethyl adjacent to an activating group) is 1. The number of fused-ring (bicyclic) bond motifs is 1. The number of imide groups is 1. The third-order valence-corrected chi connectivity index (χ3v) is 7.57. The summed E-state index contributed by atoms with van der Waals surface area (Å²) in [6.45, 7) is 10.1. The molecule has 0 aliphatic carbocycles. The number of benzene rings is 2. The molecule has 1 atom stereocenters. The van der Waals surface area contributed by atoms with Gasteiger partial charge in [-0.3, -0.25) is 19.8 Å². The number of carbonyl (C=O) groups excluding carboxylic acids is 2. The fourth-order valence-electron chi connectivity index (χ4n) is 4.61. The maximum atomic E-state index is 11.7. The predicted molar refractivity (Wildman–Crippen MR) is 138 cm³/mol. The fourth-order valence-corrected chi connectivity index (χ4v) is 5.29. The number of phenols is 1. The van der Waals surface area contributed by atoms with Gasteiger partial charge in [-0.05, 0) is 99.8 Å². The van der Waals surface area contributed by atoms with Gasteiger partial charge in [-0.1, -0.05) is 12.1 Å². The summed E-state index contributed by atoms with van der Waals surface area (Å²) < 4.78 is 12.4. The molecule has 2 heterocycles. The van der Waals surface area contributed by atoms with Crippen molar-refractivity contribution in [2.24, 2.45) is 0 Å². The summed E-state index contributed by atoms with van der Waals surface area (Å²) in [6.07, 6.45) is 3.46. The first kappa shape index (κ1) is 25.1. The molecule has 4 rings (SSSR count). The number of rotatable bonds is 7. The van der Waals surface area contributed by atoms with Crippen molar-refractivity contribution in [3.8, 4) is 17.2 Å². The number of phenolic OH excluding ortho intramolecular Hbond substituents is 1. The maximum absolute atomic E-state index is 11.7. The molecular weight excluding hydrogens is 464 g/mol. The van der Waals surface area contributed by atoms with Crippen LogP contribution in [-0.2, 0) is 11.2 Å². The fraction of sp³-hybridized carbons (Fsp3) is 0.407. The molecule has 186 valence electrons. The molecule has 2 aromatic rings. The smallest absolute Gasteiger partial charge is 0.290 e. The first-order valence-electron chi connectivity index (χ1n) is 11.7. The van der Waals surface area contributed by atoms with Crippen molar-refractivity contribution in [2.75, 3.05) is 26.7 Å². The van der Waals surface area contributed by atoms with E-state index in [9.17, 15) is 14.7 Å². The second kappa shape index (κ2) is 9.95. The number of hydrogen-bond donors (Lipinski definition) is 2. The van der Waals surface area contributed by atoms with E-state index in [1.807, 2.05) is 45.0 Å². The summed E-state index contributed by atoms with van der Waals surface area (Å²) in [4.78, 5) is 25.6. The zero-order valence-electron chi connectivity index (χ0n) is 20.9. The molecule has 0 bridgehead atoms. The van der Waals surface area contributed by atoms with E-state index in [2.05, 4.69) is 24.2 Å². The van der Waals surface area contributed by atoms with E-state index in [4.69, 9.17) is 9.47 Å². The largest absolute Gasteiger partial charge is 0.507 e. The highest BCUT2D eigenvalue weighted by Crippen LogP contribution is 2.43. The predicted octanol–water partition coefficient (Wildman–Crippen LogP) is 4.74. The zero-order chi connectivity index (χ0) is 25.3. The standard InChI is InChI=1S/C27H32N2O5S/c1-16-17(2)24-21(18(3)23(16)30)10-11-27(4,34-24)15-29(5)12-13-33-20-8-6-19(7-9-20)14-22-25(31)28-26(32)35-22/h6-9,14,30H,10-13,15H2,1-5H3,(H,28,31,32)/b22-14-. The average Bonchev–Trinajstić information content (AvgIpc) is 3.13. The van der Waals surface area contributed by atoms with Crippen molar-refractivity contribution < 1.29 is 24.2 Å². The Morgan fingerprint density at radius 1 is 1.17 bits per heavy atom. The molecule has 2 N–H and O–H groups in total. The van der Waals surface area contributed by atoms with Gasteiger partial charge in [0.05, 0.1) is 4.91 Å². The topological polar surface area (TPSA) is 88.1 Å². The summed E-state index contributed by atoms with van der Waals surface area (Å²) in [6, 6.07) is 7.44. The van der Waals surface area contributed by atoms with Crippen LogP contribution in [0.15, 0.2) is 29.2 Å². The molecule has 7 nitrogen and oxygen atoms in total. The minimum absolute atomic E-state index is 0.316. The highest BCUT2D eigenvalue weighted by Gasteiger charge is 2.35. The van der Waals surface area contributed by atoms with Crippen molar-refractivity contribution >= 4 is 29.0 Å². The third kappa shape index (κ3) is 5.49. The molecule has 1 saturated heterocycles. The van der Waals surface area contributed by atoms with Gasteiger partial charge in [0, 0.05) is 18.7 Å². The molecular formula is C27H32N2O5S. The SMILES string of the molecule is Cc1c(C)c2c(c(C)c1O)CCC(C)(CN(C)CCOc1ccc(/C=C3\SC(=O)NC3=O)cc1)O2. The van der Waals surface area contributed by atoms with E-state index in [0.29, 0.717) is 17.3 Å². The van der Waals surface area contributed by atoms with Crippen LogP contribution in [-0.4, -0.2) is 53.5 Å². The van der Waals surface area contributed by atoms with Gasteiger partial charge in [0.2, 0.25) is 0 Å². The van der Waals surface area contributed by atoms with Gasteiger partial charge in [0.25, 0.3) is 11.1 Å². The third-order valence-electron chi connectivity index (χ3n) is 6.76. The van der Waals surface area contributed by atoms with Crippen LogP contribution in [0.3, 0.4) is 0 Å². The van der Waals surface area contributed by atoms with Crippen molar-refractivity contribution in [3.63, 3.8) is 0 Å². The Bertz CT molecular complexity index is 1190. The van der Waals surface area contributed by atoms with E-state index in [1.54, 1.807) is 6.08 Å². The highest BCUT2D eigenvalue weighted by molar-refractivity contribution is 8.18. The van der Waals surface area contributed by atoms with E-state index < -0.39 is 0 Å². The van der Waals surface area contributed by atoms with Crippen LogP contribution in [0.5, 0.6) is 17.2 Å². The number of carbonyl (C=O) groups is 2. The molecule has 35 heavy (non-hydrogen) atoms. The van der Waals surface area contributed by atoms with Gasteiger partial charge in [-0.2, -0.15) is 0 Å². The van der Waals surface area contributed by atoms with E-state index in [1.165, 1.54) is 0 Å². The molecule has 2 amide bonds. The molecule has 2 aliphatic rings. The van der Waals surface area contributed by atoms with E-state index >= 15 is 0 Å². The molecule has 0 saturated carbocycles. The van der Waals surface area contributed by atoms with Gasteiger partial charge in [-0.15, -0.1) is 0 Å². The number of thioether (sulfide) groups is 1. The summed E-state index contributed by atoms with van der Waals surface area (Å²) in [5, 5.41) is 12.3. The van der Waals surface area contributed by atoms with Crippen molar-refractivity contribution in [1.29, 1.82) is 0 Å². The van der Waals surface area contributed by atoms with Gasteiger partial charge in [0.1, 0.15) is 29.5 Å². The zero-order valence-corrected chi connectivity index (χ0v) is 21.7. The van der Waals surface area contributed by atoms with Crippen LogP contribution in [0, 0.1) is 20.8 Å². The van der Waals surface area contributed by atoms with Crippen molar-refractivity contribution in [3.05, 3.63) is 57.0 Å². The Morgan fingerprint density at radius 3 is 2.54 bits per heavy atom. The van der Waals surface area contributed by atoms with Crippen LogP contribution in [0.1, 0.15) is 41.2 Å². The van der Waals surface area contributed by atoms with Gasteiger partial charge < -0.3 is 14.6 Å². The normalized spacial score (nSPS) is 20.7. The van der Waals surface area contributed by atoms with Crippen LogP contribution in [0.4, 0.5) is 4.79 Å². The number of nitrogens with zero attached hydrogens (tertiary/aromatic N) is 1. The lowest BCUT2D eigenvalue weighted by molar-refractivity contribution is -0.115. The molecule has 1 fully saturated rings. The van der Waals surface area contributed by atoms with E-state index in [-0.39, 0.29) is 16.7 Å². The minimum atomic E-state index is -0.360. The molecule has 1 unspecified atom stereocenters. The number of ether oxygens (including phenoxy) is 2. The highest BCUT2D eigenvalue weighted by atomic mass is 32.2. The van der Waals surface area contributed by atoms with Gasteiger partial charge >= 0.3 is 0 Å². The van der Waals surface area contributed by atoms with Crippen molar-refractivity contribution in [1.82, 2.24) is 10.2 Å². The monoisotopic (exact) mass is 496 g/mol. The first-order chi connectivity index (χ1) is 16.6. The summed E-state index contributed by atoms with van der Waals surface area (Å²) in [7, 11) is 2.06. The number of nitrogens with one attached hydrogen (secondary N) is 1. The Labute approximate surface area is 210 Å². The molecule has 2 aliphatic heterocycles. The minimum Gasteiger partial charge on any atom is -0.507 e. The van der Waals surface area contributed by atoms with Gasteiger partial charge in [-0.25, -0.2) is 0 Å². The van der Waals surface area contributed by atoms with Crippen LogP contribution < -0.4 is 14.8 Å². The molecule has 2 aromatic carbocycles. The summed E-state index contributed by atoms with van der Waals surface area (Å²) in [5.74, 6) is 1.69. The quantitative estimate of drug-likeness (QED) is 0.536. The molecule has 8 heteroatoms. The Morgan fingerprint density at radius 2 is 1.89 bits per heavy atom. The lowest BCUT2D eigenvalue weighted by Crippen LogP contribution is -2.47. The number of aromatic hydroxyl groups is 1. The molecule has 0 radical (unpaired) electrons. The maximum Gasteiger partial charge on any atom is 0.290 e. The summed E-state index contributed by atoms with van der Waals surface area (Å²) >= 11 is 0.906. The second-order valence-corrected chi connectivity index (χ2v) is 10.6. The van der Waals surface area contributed by atoms with Crippen molar-refractivity contribution in [2.45, 2.75) is 46.1 Å².